The van der Waals surface area contributed by atoms with Gasteiger partial charge in [0, 0.05) is 26.3 Å². The lowest BCUT2D eigenvalue weighted by atomic mass is 10.3. The fourth-order valence-corrected chi connectivity index (χ4v) is 3.06. The van der Waals surface area contributed by atoms with Gasteiger partial charge in [-0.2, -0.15) is 9.82 Å². The maximum Gasteiger partial charge on any atom is 0.321 e. The molecule has 1 unspecified atom stereocenters. The number of hydrogen-bond donors (Lipinski definition) is 1. The molecule has 10 nitrogen and oxygen atoms in total. The third-order valence-electron chi connectivity index (χ3n) is 3.38. The first-order valence-corrected chi connectivity index (χ1v) is 8.82. The first-order valence-electron chi connectivity index (χ1n) is 7.34. The highest BCUT2D eigenvalue weighted by molar-refractivity contribution is 7.89. The SMILES string of the molecule is CC(OC(=O)CNS(=O)(=O)c1cnn(C)c1)C(=O)N1CCOCC1. The van der Waals surface area contributed by atoms with Crippen molar-refractivity contribution >= 4 is 21.9 Å². The van der Waals surface area contributed by atoms with Gasteiger partial charge in [-0.15, -0.1) is 0 Å². The molecular weight excluding hydrogens is 340 g/mol. The average molecular weight is 360 g/mol. The van der Waals surface area contributed by atoms with E-state index in [1.54, 1.807) is 11.9 Å². The van der Waals surface area contributed by atoms with Crippen LogP contribution in [-0.2, 0) is 36.1 Å². The van der Waals surface area contributed by atoms with Crippen molar-refractivity contribution in [2.24, 2.45) is 7.05 Å². The summed E-state index contributed by atoms with van der Waals surface area (Å²) in [4.78, 5) is 25.3. The summed E-state index contributed by atoms with van der Waals surface area (Å²) in [6.45, 7) is 2.64. The number of ether oxygens (including phenoxy) is 2. The Morgan fingerprint density at radius 1 is 1.42 bits per heavy atom. The molecule has 0 saturated carbocycles. The number of amides is 1. The molecule has 2 rings (SSSR count). The monoisotopic (exact) mass is 360 g/mol. The lowest BCUT2D eigenvalue weighted by Crippen LogP contribution is -2.46. The van der Waals surface area contributed by atoms with Crippen molar-refractivity contribution < 1.29 is 27.5 Å². The second-order valence-electron chi connectivity index (χ2n) is 5.24. The fourth-order valence-electron chi connectivity index (χ4n) is 2.10. The lowest BCUT2D eigenvalue weighted by molar-refractivity contribution is -0.160. The molecule has 1 aliphatic heterocycles. The van der Waals surface area contributed by atoms with Crippen LogP contribution >= 0.6 is 0 Å². The number of sulfonamides is 1. The third-order valence-corrected chi connectivity index (χ3v) is 4.73. The minimum Gasteiger partial charge on any atom is -0.452 e. The number of nitrogens with one attached hydrogen (secondary N) is 1. The maximum absolute atomic E-state index is 12.1. The Bertz CT molecular complexity index is 695. The molecule has 0 bridgehead atoms. The number of rotatable bonds is 6. The molecule has 1 N–H and O–H groups in total. The van der Waals surface area contributed by atoms with Crippen LogP contribution in [0, 0.1) is 0 Å². The third kappa shape index (κ3) is 4.76. The minimum absolute atomic E-state index is 0.0600. The highest BCUT2D eigenvalue weighted by Crippen LogP contribution is 2.06. The number of aromatic nitrogens is 2. The largest absolute Gasteiger partial charge is 0.452 e. The van der Waals surface area contributed by atoms with Gasteiger partial charge in [0.1, 0.15) is 11.4 Å². The molecule has 0 aromatic carbocycles. The molecule has 11 heteroatoms. The van der Waals surface area contributed by atoms with Crippen LogP contribution in [0.2, 0.25) is 0 Å². The summed E-state index contributed by atoms with van der Waals surface area (Å²) >= 11 is 0. The summed E-state index contributed by atoms with van der Waals surface area (Å²) in [6, 6.07) is 0. The van der Waals surface area contributed by atoms with Gasteiger partial charge in [-0.05, 0) is 6.92 Å². The van der Waals surface area contributed by atoms with Crippen LogP contribution in [-0.4, -0.2) is 73.9 Å². The van der Waals surface area contributed by atoms with E-state index in [2.05, 4.69) is 9.82 Å². The van der Waals surface area contributed by atoms with Crippen LogP contribution in [0.25, 0.3) is 0 Å². The molecule has 1 atom stereocenters. The number of esters is 1. The van der Waals surface area contributed by atoms with Gasteiger partial charge in [0.25, 0.3) is 5.91 Å². The van der Waals surface area contributed by atoms with Crippen LogP contribution in [0.5, 0.6) is 0 Å². The normalized spacial score (nSPS) is 16.7. The molecule has 0 spiro atoms. The van der Waals surface area contributed by atoms with Crippen LogP contribution in [0.4, 0.5) is 0 Å². The maximum atomic E-state index is 12.1. The molecule has 0 aliphatic carbocycles. The molecule has 1 amide bonds. The molecule has 0 radical (unpaired) electrons. The second kappa shape index (κ2) is 7.73. The van der Waals surface area contributed by atoms with Crippen LogP contribution in [0.3, 0.4) is 0 Å². The minimum atomic E-state index is -3.86. The predicted octanol–water partition coefficient (Wildman–Crippen LogP) is -1.51. The van der Waals surface area contributed by atoms with Crippen LogP contribution in [0.15, 0.2) is 17.3 Å². The summed E-state index contributed by atoms with van der Waals surface area (Å²) < 4.78 is 37.5. The summed E-state index contributed by atoms with van der Waals surface area (Å²) in [6.07, 6.45) is 1.48. The topological polar surface area (TPSA) is 120 Å². The van der Waals surface area contributed by atoms with Gasteiger partial charge in [-0.3, -0.25) is 14.3 Å². The predicted molar refractivity (Wildman–Crippen MR) is 81.3 cm³/mol. The van der Waals surface area contributed by atoms with E-state index in [0.717, 1.165) is 6.20 Å². The standard InChI is InChI=1S/C13H20N4O6S/c1-10(13(19)17-3-5-22-6-4-17)23-12(18)8-15-24(20,21)11-7-14-16(2)9-11/h7,9-10,15H,3-6,8H2,1-2H3. The molecule has 1 aliphatic rings. The number of carbonyl (C=O) groups excluding carboxylic acids is 2. The van der Waals surface area contributed by atoms with Gasteiger partial charge in [0.2, 0.25) is 10.0 Å². The summed E-state index contributed by atoms with van der Waals surface area (Å²) in [5, 5.41) is 3.75. The van der Waals surface area contributed by atoms with E-state index in [0.29, 0.717) is 26.3 Å². The summed E-state index contributed by atoms with van der Waals surface area (Å²) in [7, 11) is -2.28. The van der Waals surface area contributed by atoms with Gasteiger partial charge in [-0.1, -0.05) is 0 Å². The van der Waals surface area contributed by atoms with E-state index >= 15 is 0 Å². The molecule has 1 aromatic rings. The zero-order valence-corrected chi connectivity index (χ0v) is 14.3. The van der Waals surface area contributed by atoms with Gasteiger partial charge in [-0.25, -0.2) is 8.42 Å². The molecule has 1 fully saturated rings. The first kappa shape index (κ1) is 18.4. The molecular formula is C13H20N4O6S. The van der Waals surface area contributed by atoms with Gasteiger partial charge < -0.3 is 14.4 Å². The van der Waals surface area contributed by atoms with Crippen molar-refractivity contribution in [3.63, 3.8) is 0 Å². The second-order valence-corrected chi connectivity index (χ2v) is 7.01. The number of nitrogens with zero attached hydrogens (tertiary/aromatic N) is 3. The summed E-state index contributed by atoms with van der Waals surface area (Å²) in [5.41, 5.74) is 0. The average Bonchev–Trinajstić information content (AvgIpc) is 3.00. The molecule has 2 heterocycles. The van der Waals surface area contributed by atoms with Crippen molar-refractivity contribution in [1.29, 1.82) is 0 Å². The fraction of sp³-hybridized carbons (Fsp3) is 0.615. The summed E-state index contributed by atoms with van der Waals surface area (Å²) in [5.74, 6) is -1.17. The lowest BCUT2D eigenvalue weighted by Gasteiger charge is -2.28. The molecule has 1 aromatic heterocycles. The van der Waals surface area contributed by atoms with E-state index in [1.165, 1.54) is 17.8 Å². The number of morpholine rings is 1. The number of hydrogen-bond acceptors (Lipinski definition) is 7. The van der Waals surface area contributed by atoms with Crippen molar-refractivity contribution in [3.8, 4) is 0 Å². The zero-order chi connectivity index (χ0) is 17.7. The highest BCUT2D eigenvalue weighted by Gasteiger charge is 2.26. The molecule has 134 valence electrons. The Morgan fingerprint density at radius 2 is 2.08 bits per heavy atom. The van der Waals surface area contributed by atoms with Gasteiger partial charge >= 0.3 is 5.97 Å². The Labute approximate surface area is 139 Å². The zero-order valence-electron chi connectivity index (χ0n) is 13.5. The quantitative estimate of drug-likeness (QED) is 0.612. The first-order chi connectivity index (χ1) is 11.3. The van der Waals surface area contributed by atoms with E-state index in [4.69, 9.17) is 9.47 Å². The van der Waals surface area contributed by atoms with Crippen molar-refractivity contribution in [2.75, 3.05) is 32.8 Å². The molecule has 24 heavy (non-hydrogen) atoms. The highest BCUT2D eigenvalue weighted by atomic mass is 32.2. The van der Waals surface area contributed by atoms with Crippen molar-refractivity contribution in [3.05, 3.63) is 12.4 Å². The van der Waals surface area contributed by atoms with Crippen molar-refractivity contribution in [1.82, 2.24) is 19.4 Å². The van der Waals surface area contributed by atoms with Crippen LogP contribution < -0.4 is 4.72 Å². The Morgan fingerprint density at radius 3 is 2.67 bits per heavy atom. The van der Waals surface area contributed by atoms with E-state index in [1.807, 2.05) is 0 Å². The molecule has 1 saturated heterocycles. The smallest absolute Gasteiger partial charge is 0.321 e. The van der Waals surface area contributed by atoms with E-state index < -0.39 is 28.6 Å². The number of aryl methyl sites for hydroxylation is 1. The van der Waals surface area contributed by atoms with Gasteiger partial charge in [0.15, 0.2) is 6.10 Å². The van der Waals surface area contributed by atoms with Crippen LogP contribution in [0.1, 0.15) is 6.92 Å². The Balaban J connectivity index is 1.83. The van der Waals surface area contributed by atoms with E-state index in [9.17, 15) is 18.0 Å². The van der Waals surface area contributed by atoms with Crippen molar-refractivity contribution in [2.45, 2.75) is 17.9 Å². The number of carbonyl (C=O) groups is 2. The Kier molecular flexibility index (Phi) is 5.91. The van der Waals surface area contributed by atoms with E-state index in [-0.39, 0.29) is 10.8 Å². The Hall–Kier alpha value is -1.98. The van der Waals surface area contributed by atoms with Gasteiger partial charge in [0.05, 0.1) is 19.4 Å².